The Hall–Kier alpha value is -3.86. The third-order valence-corrected chi connectivity index (χ3v) is 8.90. The lowest BCUT2D eigenvalue weighted by molar-refractivity contribution is -0.286. The first-order chi connectivity index (χ1) is 19.5. The van der Waals surface area contributed by atoms with Crippen LogP contribution in [0.4, 0.5) is 8.78 Å². The predicted molar refractivity (Wildman–Crippen MR) is 143 cm³/mol. The first kappa shape index (κ1) is 26.1. The van der Waals surface area contributed by atoms with E-state index in [0.717, 1.165) is 30.4 Å². The van der Waals surface area contributed by atoms with Crippen LogP contribution in [-0.2, 0) is 32.9 Å². The van der Waals surface area contributed by atoms with Crippen LogP contribution in [-0.4, -0.2) is 53.1 Å². The van der Waals surface area contributed by atoms with E-state index in [1.807, 2.05) is 19.0 Å². The Kier molecular flexibility index (Phi) is 5.61. The molecule has 0 radical (unpaired) electrons. The van der Waals surface area contributed by atoms with Gasteiger partial charge in [-0.3, -0.25) is 14.4 Å². The van der Waals surface area contributed by atoms with Crippen molar-refractivity contribution in [1.29, 1.82) is 0 Å². The molecular formula is C30H29F2N3O6. The molecule has 2 aliphatic carbocycles. The number of Topliss-reactive ketones (excluding diaryl/α,β-unsaturated/α-hetero) is 1. The summed E-state index contributed by atoms with van der Waals surface area (Å²) in [5.74, 6) is -0.768. The maximum absolute atomic E-state index is 13.9. The van der Waals surface area contributed by atoms with Gasteiger partial charge in [-0.1, -0.05) is 13.3 Å². The molecule has 0 saturated heterocycles. The molecule has 9 nitrogen and oxygen atoms in total. The lowest BCUT2D eigenvalue weighted by Crippen LogP contribution is -2.38. The molecule has 2 aliphatic heterocycles. The summed E-state index contributed by atoms with van der Waals surface area (Å²) in [6.45, 7) is 2.49. The highest BCUT2D eigenvalue weighted by Crippen LogP contribution is 2.50. The third-order valence-electron chi connectivity index (χ3n) is 8.90. The fraction of sp³-hybridized carbons (Fsp3) is 0.467. The third kappa shape index (κ3) is 3.81. The average molecular weight is 566 g/mol. The minimum atomic E-state index is -3.75. The van der Waals surface area contributed by atoms with E-state index in [0.29, 0.717) is 40.0 Å². The summed E-state index contributed by atoms with van der Waals surface area (Å²) in [6.07, 6.45) is -0.633. The molecule has 11 heteroatoms. The molecule has 0 bridgehead atoms. The largest absolute Gasteiger partial charge is 0.586 e. The molecule has 0 N–H and O–H groups in total. The maximum atomic E-state index is 13.9. The number of hydrogen-bond donors (Lipinski definition) is 0. The number of rotatable bonds is 6. The number of esters is 1. The Morgan fingerprint density at radius 3 is 2.54 bits per heavy atom. The fourth-order valence-electron chi connectivity index (χ4n) is 6.62. The number of benzene rings is 1. The summed E-state index contributed by atoms with van der Waals surface area (Å²) in [7, 11) is 3.68. The first-order valence-electron chi connectivity index (χ1n) is 13.9. The van der Waals surface area contributed by atoms with E-state index < -0.39 is 17.9 Å². The molecular weight excluding hydrogens is 536 g/mol. The van der Waals surface area contributed by atoms with Crippen LogP contribution in [0, 0.1) is 0 Å². The molecule has 7 rings (SSSR count). The molecule has 1 aromatic carbocycles. The van der Waals surface area contributed by atoms with E-state index in [9.17, 15) is 23.2 Å². The Bertz CT molecular complexity index is 1730. The van der Waals surface area contributed by atoms with Crippen LogP contribution in [0.2, 0.25) is 0 Å². The molecule has 1 saturated carbocycles. The number of alkyl halides is 2. The van der Waals surface area contributed by atoms with Crippen molar-refractivity contribution in [2.75, 3.05) is 20.6 Å². The van der Waals surface area contributed by atoms with E-state index in [4.69, 9.17) is 19.2 Å². The van der Waals surface area contributed by atoms with Crippen molar-refractivity contribution in [1.82, 2.24) is 14.5 Å². The van der Waals surface area contributed by atoms with Gasteiger partial charge in [0.15, 0.2) is 22.9 Å². The topological polar surface area (TPSA) is 100.0 Å². The summed E-state index contributed by atoms with van der Waals surface area (Å²) >= 11 is 0. The Morgan fingerprint density at radius 1 is 1.15 bits per heavy atom. The number of pyridine rings is 2. The minimum Gasteiger partial charge on any atom is -0.446 e. The lowest BCUT2D eigenvalue weighted by atomic mass is 9.76. The van der Waals surface area contributed by atoms with Gasteiger partial charge in [0.1, 0.15) is 0 Å². The molecule has 1 fully saturated rings. The average Bonchev–Trinajstić information content (AvgIpc) is 3.49. The zero-order chi connectivity index (χ0) is 28.8. The van der Waals surface area contributed by atoms with E-state index >= 15 is 0 Å². The number of nitrogens with zero attached hydrogens (tertiary/aromatic N) is 3. The summed E-state index contributed by atoms with van der Waals surface area (Å²) in [5, 5.41) is 0.704. The minimum absolute atomic E-state index is 0.0428. The SMILES string of the molecule is CCC1(OC(=O)CCN(C)C)C(=O)Cc2c1cc1n(c2=O)Cc2c-1nc1cc3c(cc1c2C1CCC1)OC(F)(F)O3. The van der Waals surface area contributed by atoms with Crippen molar-refractivity contribution in [2.24, 2.45) is 0 Å². The number of hydrogen-bond acceptors (Lipinski definition) is 8. The van der Waals surface area contributed by atoms with Crippen LogP contribution in [0.25, 0.3) is 22.3 Å². The Labute approximate surface area is 234 Å². The van der Waals surface area contributed by atoms with Gasteiger partial charge in [0, 0.05) is 41.1 Å². The summed E-state index contributed by atoms with van der Waals surface area (Å²) < 4.78 is 44.7. The number of fused-ring (bicyclic) bond motifs is 6. The smallest absolute Gasteiger partial charge is 0.446 e. The van der Waals surface area contributed by atoms with E-state index in [-0.39, 0.29) is 54.6 Å². The zero-order valence-electron chi connectivity index (χ0n) is 23.0. The molecule has 3 aromatic rings. The first-order valence-corrected chi connectivity index (χ1v) is 13.9. The van der Waals surface area contributed by atoms with Crippen LogP contribution >= 0.6 is 0 Å². The number of carbonyl (C=O) groups excluding carboxylic acids is 2. The summed E-state index contributed by atoms with van der Waals surface area (Å²) in [5.41, 5.74) is 2.29. The highest BCUT2D eigenvalue weighted by molar-refractivity contribution is 5.98. The highest BCUT2D eigenvalue weighted by atomic mass is 19.3. The number of carbonyl (C=O) groups is 2. The van der Waals surface area contributed by atoms with Gasteiger partial charge in [-0.2, -0.15) is 0 Å². The fourth-order valence-corrected chi connectivity index (χ4v) is 6.62. The molecule has 214 valence electrons. The van der Waals surface area contributed by atoms with Crippen LogP contribution in [0.15, 0.2) is 23.0 Å². The van der Waals surface area contributed by atoms with Crippen molar-refractivity contribution in [3.8, 4) is 22.9 Å². The van der Waals surface area contributed by atoms with Crippen molar-refractivity contribution in [2.45, 2.75) is 69.8 Å². The van der Waals surface area contributed by atoms with Crippen LogP contribution in [0.1, 0.15) is 67.2 Å². The molecule has 0 spiro atoms. The van der Waals surface area contributed by atoms with Gasteiger partial charge < -0.3 is 23.7 Å². The number of ketones is 1. The molecule has 4 heterocycles. The van der Waals surface area contributed by atoms with Gasteiger partial charge in [-0.15, -0.1) is 8.78 Å². The van der Waals surface area contributed by atoms with Crippen LogP contribution < -0.4 is 15.0 Å². The van der Waals surface area contributed by atoms with Gasteiger partial charge in [0.05, 0.1) is 29.9 Å². The van der Waals surface area contributed by atoms with Crippen LogP contribution in [0.5, 0.6) is 11.5 Å². The standard InChI is InChI=1S/C30H29F2N3O6/c1-4-29(41-25(37)8-9-34(2)3)19-12-21-27-18(14-35(21)28(38)16(19)11-24(29)36)26(15-6-5-7-15)17-10-22-23(13-20(17)33-27)40-30(31,32)39-22/h10,12-13,15H,4-9,11,14H2,1-3H3. The molecule has 2 aromatic heterocycles. The lowest BCUT2D eigenvalue weighted by Gasteiger charge is -2.29. The molecule has 0 amide bonds. The quantitative estimate of drug-likeness (QED) is 0.320. The van der Waals surface area contributed by atoms with Crippen LogP contribution in [0.3, 0.4) is 0 Å². The molecule has 1 atom stereocenters. The Morgan fingerprint density at radius 2 is 1.88 bits per heavy atom. The van der Waals surface area contributed by atoms with Gasteiger partial charge in [-0.25, -0.2) is 4.98 Å². The molecule has 1 unspecified atom stereocenters. The second-order valence-electron chi connectivity index (χ2n) is 11.6. The second kappa shape index (κ2) is 8.82. The number of ether oxygens (including phenoxy) is 3. The maximum Gasteiger partial charge on any atom is 0.586 e. The van der Waals surface area contributed by atoms with Gasteiger partial charge in [0.2, 0.25) is 0 Å². The molecule has 41 heavy (non-hydrogen) atoms. The summed E-state index contributed by atoms with van der Waals surface area (Å²) in [4.78, 5) is 46.8. The van der Waals surface area contributed by atoms with Gasteiger partial charge in [0.25, 0.3) is 5.56 Å². The van der Waals surface area contributed by atoms with Crippen molar-refractivity contribution < 1.29 is 32.6 Å². The van der Waals surface area contributed by atoms with Crippen molar-refractivity contribution >= 4 is 22.7 Å². The van der Waals surface area contributed by atoms with E-state index in [1.165, 1.54) is 6.07 Å². The van der Waals surface area contributed by atoms with E-state index in [1.54, 1.807) is 23.6 Å². The van der Waals surface area contributed by atoms with Crippen molar-refractivity contribution in [3.63, 3.8) is 0 Å². The van der Waals surface area contributed by atoms with Gasteiger partial charge >= 0.3 is 12.3 Å². The summed E-state index contributed by atoms with van der Waals surface area (Å²) in [6, 6.07) is 4.78. The van der Waals surface area contributed by atoms with Gasteiger partial charge in [-0.05, 0) is 57.0 Å². The zero-order valence-corrected chi connectivity index (χ0v) is 23.0. The van der Waals surface area contributed by atoms with Crippen molar-refractivity contribution in [3.05, 3.63) is 50.8 Å². The van der Waals surface area contributed by atoms with E-state index in [2.05, 4.69) is 0 Å². The highest BCUT2D eigenvalue weighted by Gasteiger charge is 2.51. The molecule has 4 aliphatic rings. The Balaban J connectivity index is 1.39. The monoisotopic (exact) mass is 565 g/mol. The number of aromatic nitrogens is 2. The number of halogens is 2. The predicted octanol–water partition coefficient (Wildman–Crippen LogP) is 4.24. The normalized spacial score (nSPS) is 21.7. The second-order valence-corrected chi connectivity index (χ2v) is 11.6.